The molecular weight excluding hydrogens is 535 g/mol. The molecule has 0 aliphatic carbocycles. The van der Waals surface area contributed by atoms with Crippen LogP contribution >= 0.6 is 11.6 Å². The van der Waals surface area contributed by atoms with Gasteiger partial charge < -0.3 is 19.3 Å². The van der Waals surface area contributed by atoms with Crippen molar-refractivity contribution in [3.63, 3.8) is 0 Å². The maximum Gasteiger partial charge on any atom is 0.490 e. The van der Waals surface area contributed by atoms with Crippen LogP contribution in [0.1, 0.15) is 5.69 Å². The molecule has 0 amide bonds. The van der Waals surface area contributed by atoms with E-state index in [9.17, 15) is 18.0 Å². The van der Waals surface area contributed by atoms with Gasteiger partial charge in [0.1, 0.15) is 12.4 Å². The molecule has 0 unspecified atom stereocenters. The Morgan fingerprint density at radius 1 is 1.05 bits per heavy atom. The summed E-state index contributed by atoms with van der Waals surface area (Å²) in [6, 6.07) is 8.68. The highest BCUT2D eigenvalue weighted by Gasteiger charge is 2.38. The average Bonchev–Trinajstić information content (AvgIpc) is 2.86. The second kappa shape index (κ2) is 11.8. The van der Waals surface area contributed by atoms with Gasteiger partial charge in [-0.2, -0.15) is 13.2 Å². The van der Waals surface area contributed by atoms with Crippen molar-refractivity contribution >= 4 is 51.3 Å². The minimum atomic E-state index is -5.08. The van der Waals surface area contributed by atoms with Gasteiger partial charge in [0.2, 0.25) is 11.9 Å². The van der Waals surface area contributed by atoms with E-state index in [1.807, 2.05) is 13.0 Å². The molecule has 15 heteroatoms. The van der Waals surface area contributed by atoms with Crippen molar-refractivity contribution in [3.05, 3.63) is 46.4 Å². The van der Waals surface area contributed by atoms with E-state index in [0.717, 1.165) is 11.1 Å². The zero-order valence-corrected chi connectivity index (χ0v) is 20.9. The third-order valence-corrected chi connectivity index (χ3v) is 5.04. The van der Waals surface area contributed by atoms with Gasteiger partial charge in [-0.25, -0.2) is 19.7 Å². The van der Waals surface area contributed by atoms with E-state index in [2.05, 4.69) is 25.3 Å². The summed E-state index contributed by atoms with van der Waals surface area (Å²) < 4.78 is 47.9. The van der Waals surface area contributed by atoms with Gasteiger partial charge in [-0.1, -0.05) is 0 Å². The Morgan fingerprint density at radius 3 is 2.32 bits per heavy atom. The van der Waals surface area contributed by atoms with Crippen LogP contribution in [0.15, 0.2) is 35.1 Å². The predicted molar refractivity (Wildman–Crippen MR) is 133 cm³/mol. The van der Waals surface area contributed by atoms with Gasteiger partial charge in [0.15, 0.2) is 11.5 Å². The fraction of sp³-hybridized carbons (Fsp3) is 0.261. The first-order valence-corrected chi connectivity index (χ1v) is 11.2. The fourth-order valence-corrected chi connectivity index (χ4v) is 3.27. The Morgan fingerprint density at radius 2 is 1.71 bits per heavy atom. The largest absolute Gasteiger partial charge is 0.493 e. The van der Waals surface area contributed by atoms with Gasteiger partial charge in [-0.3, -0.25) is 15.1 Å². The Bertz CT molecular complexity index is 1530. The number of nitrogens with zero attached hydrogens (tertiary/aromatic N) is 3. The molecule has 0 fully saturated rings. The topological polar surface area (TPSA) is 149 Å². The van der Waals surface area contributed by atoms with Crippen molar-refractivity contribution in [2.24, 2.45) is 0 Å². The van der Waals surface area contributed by atoms with E-state index in [-0.39, 0.29) is 11.5 Å². The van der Waals surface area contributed by atoms with Crippen molar-refractivity contribution in [3.8, 4) is 17.2 Å². The van der Waals surface area contributed by atoms with Crippen LogP contribution in [0.25, 0.3) is 21.8 Å². The number of aromatic nitrogens is 4. The number of hydrogen-bond donors (Lipinski definition) is 3. The van der Waals surface area contributed by atoms with Gasteiger partial charge in [-0.15, -0.1) is 11.6 Å². The molecule has 0 aliphatic rings. The van der Waals surface area contributed by atoms with E-state index in [1.54, 1.807) is 38.5 Å². The highest BCUT2D eigenvalue weighted by atomic mass is 35.5. The number of methoxy groups -OCH3 is 2. The predicted octanol–water partition coefficient (Wildman–Crippen LogP) is 4.19. The molecule has 2 heterocycles. The minimum Gasteiger partial charge on any atom is -0.493 e. The maximum atomic E-state index is 12.6. The molecule has 4 aromatic rings. The van der Waals surface area contributed by atoms with Crippen LogP contribution < -0.4 is 25.1 Å². The molecule has 4 rings (SSSR count). The van der Waals surface area contributed by atoms with E-state index < -0.39 is 12.1 Å². The smallest absolute Gasteiger partial charge is 0.490 e. The number of ether oxygens (including phenoxy) is 3. The van der Waals surface area contributed by atoms with Crippen molar-refractivity contribution in [2.75, 3.05) is 32.0 Å². The first-order chi connectivity index (χ1) is 18.0. The molecule has 11 nitrogen and oxygen atoms in total. The van der Waals surface area contributed by atoms with Crippen LogP contribution in [0.5, 0.6) is 17.2 Å². The van der Waals surface area contributed by atoms with Gasteiger partial charge in [-0.05, 0) is 31.2 Å². The van der Waals surface area contributed by atoms with Crippen LogP contribution in [0.3, 0.4) is 0 Å². The Labute approximate surface area is 217 Å². The number of anilines is 2. The lowest BCUT2D eigenvalue weighted by molar-refractivity contribution is -0.192. The molecule has 2 aromatic heterocycles. The number of aromatic amines is 1. The zero-order chi connectivity index (χ0) is 28.0. The molecule has 0 saturated carbocycles. The van der Waals surface area contributed by atoms with Crippen molar-refractivity contribution in [2.45, 2.75) is 13.1 Å². The number of carboxylic acid groups (broad SMARTS) is 1. The van der Waals surface area contributed by atoms with Crippen LogP contribution in [-0.4, -0.2) is 63.9 Å². The van der Waals surface area contributed by atoms with E-state index in [0.29, 0.717) is 52.1 Å². The Balaban J connectivity index is 0.000000505. The number of aryl methyl sites for hydroxylation is 1. The lowest BCUT2D eigenvalue weighted by Crippen LogP contribution is -2.21. The molecular formula is C23H21ClF3N5O6. The van der Waals surface area contributed by atoms with Gasteiger partial charge in [0, 0.05) is 11.5 Å². The first-order valence-electron chi connectivity index (χ1n) is 10.7. The van der Waals surface area contributed by atoms with Gasteiger partial charge in [0.25, 0.3) is 5.56 Å². The monoisotopic (exact) mass is 555 g/mol. The number of nitrogens with one attached hydrogen (secondary N) is 2. The molecule has 2 aromatic carbocycles. The molecule has 0 atom stereocenters. The number of aliphatic carboxylic acids is 1. The second-order valence-corrected chi connectivity index (χ2v) is 7.79. The quantitative estimate of drug-likeness (QED) is 0.283. The summed E-state index contributed by atoms with van der Waals surface area (Å²) in [4.78, 5) is 37.6. The first kappa shape index (κ1) is 28.2. The number of H-pyrrole nitrogens is 1. The number of hydrogen-bond acceptors (Lipinski definition) is 9. The number of benzene rings is 2. The molecule has 202 valence electrons. The minimum absolute atomic E-state index is 0.228. The van der Waals surface area contributed by atoms with Crippen LogP contribution in [0.4, 0.5) is 25.1 Å². The number of rotatable bonds is 7. The number of carbonyl (C=O) groups is 1. The van der Waals surface area contributed by atoms with Crippen LogP contribution in [-0.2, 0) is 4.79 Å². The fourth-order valence-electron chi connectivity index (χ4n) is 3.19. The summed E-state index contributed by atoms with van der Waals surface area (Å²) in [7, 11) is 3.14. The molecule has 38 heavy (non-hydrogen) atoms. The number of alkyl halides is 4. The molecule has 0 spiro atoms. The normalized spacial score (nSPS) is 11.0. The molecule has 3 N–H and O–H groups in total. The highest BCUT2D eigenvalue weighted by molar-refractivity contribution is 6.18. The Hall–Kier alpha value is -4.33. The van der Waals surface area contributed by atoms with Crippen molar-refractivity contribution in [1.82, 2.24) is 19.9 Å². The maximum absolute atomic E-state index is 12.6. The third-order valence-electron chi connectivity index (χ3n) is 4.89. The SMILES string of the molecule is COc1cc2nc(Nc3nc4ccc(OCCCl)cc4c(=O)[nH]3)nc(C)c2cc1OC.O=C(O)C(F)(F)F. The summed E-state index contributed by atoms with van der Waals surface area (Å²) >= 11 is 5.64. The average molecular weight is 556 g/mol. The lowest BCUT2D eigenvalue weighted by atomic mass is 10.1. The number of fused-ring (bicyclic) bond motifs is 2. The van der Waals surface area contributed by atoms with Gasteiger partial charge >= 0.3 is 12.1 Å². The van der Waals surface area contributed by atoms with Crippen LogP contribution in [0, 0.1) is 6.92 Å². The molecule has 0 saturated heterocycles. The number of halogens is 4. The number of carboxylic acids is 1. The molecule has 0 aliphatic heterocycles. The standard InChI is InChI=1S/C21H20ClN5O4.C2HF3O2/c1-11-13-9-17(29-2)18(30-3)10-16(13)25-20(23-11)27-21-24-15-5-4-12(31-7-6-22)8-14(15)19(28)26-21;3-2(4,5)1(6)7/h4-5,8-10H,6-7H2,1-3H3,(H2,23,24,25,26,27,28);(H,6,7). The second-order valence-electron chi connectivity index (χ2n) is 7.42. The van der Waals surface area contributed by atoms with Crippen LogP contribution in [0.2, 0.25) is 0 Å². The molecule has 0 radical (unpaired) electrons. The summed E-state index contributed by atoms with van der Waals surface area (Å²) in [5, 5.41) is 11.3. The third kappa shape index (κ3) is 6.70. The van der Waals surface area contributed by atoms with Crippen molar-refractivity contribution < 1.29 is 37.3 Å². The highest BCUT2D eigenvalue weighted by Crippen LogP contribution is 2.33. The molecule has 0 bridgehead atoms. The van der Waals surface area contributed by atoms with Crippen molar-refractivity contribution in [1.29, 1.82) is 0 Å². The van der Waals surface area contributed by atoms with Gasteiger partial charge in [0.05, 0.1) is 42.2 Å². The summed E-state index contributed by atoms with van der Waals surface area (Å²) in [6.07, 6.45) is -5.08. The van der Waals surface area contributed by atoms with E-state index in [1.165, 1.54) is 0 Å². The lowest BCUT2D eigenvalue weighted by Gasteiger charge is -2.12. The summed E-state index contributed by atoms with van der Waals surface area (Å²) in [6.45, 7) is 2.22. The van der Waals surface area contributed by atoms with E-state index >= 15 is 0 Å². The Kier molecular flexibility index (Phi) is 8.78. The zero-order valence-electron chi connectivity index (χ0n) is 20.1. The summed E-state index contributed by atoms with van der Waals surface area (Å²) in [5.41, 5.74) is 1.59. The van der Waals surface area contributed by atoms with E-state index in [4.69, 9.17) is 35.7 Å². The summed E-state index contributed by atoms with van der Waals surface area (Å²) in [5.74, 6) is -0.167.